The largest absolute Gasteiger partial charge is 0.466 e. The highest BCUT2D eigenvalue weighted by molar-refractivity contribution is 8.16. The summed E-state index contributed by atoms with van der Waals surface area (Å²) in [5.74, 6) is -1.01. The van der Waals surface area contributed by atoms with Gasteiger partial charge in [0.25, 0.3) is 0 Å². The molecule has 3 aliphatic heterocycles. The van der Waals surface area contributed by atoms with Gasteiger partial charge in [0, 0.05) is 18.8 Å². The van der Waals surface area contributed by atoms with E-state index in [9.17, 15) is 14.0 Å². The zero-order valence-electron chi connectivity index (χ0n) is 19.0. The van der Waals surface area contributed by atoms with Crippen molar-refractivity contribution in [3.8, 4) is 0 Å². The molecule has 0 saturated carbocycles. The molecule has 176 valence electrons. The van der Waals surface area contributed by atoms with Crippen molar-refractivity contribution in [2.75, 3.05) is 33.3 Å². The standard InChI is InChI=1S/C24H29FN4O3S/c1-16-21(23(31)32-2)22(17-7-6-8-18(25)13-17)29-19(15-33-24(29)27-16)14-20(30)26-9-12-28-10-4-3-5-11-28/h6-8,13,15,22H,3-5,9-12,14H2,1-2H3,(H,26,30)/t22-/m1/s1. The first kappa shape index (κ1) is 23.5. The normalized spacial score (nSPS) is 20.8. The second-order valence-electron chi connectivity index (χ2n) is 8.37. The topological polar surface area (TPSA) is 74.2 Å². The van der Waals surface area contributed by atoms with Crippen LogP contribution in [0.15, 0.2) is 51.6 Å². The molecule has 33 heavy (non-hydrogen) atoms. The molecule has 1 fully saturated rings. The van der Waals surface area contributed by atoms with Gasteiger partial charge in [0.15, 0.2) is 5.17 Å². The van der Waals surface area contributed by atoms with Crippen LogP contribution in [-0.4, -0.2) is 60.1 Å². The minimum absolute atomic E-state index is 0.0935. The van der Waals surface area contributed by atoms with Crippen LogP contribution in [0.3, 0.4) is 0 Å². The molecular formula is C24H29FN4O3S. The van der Waals surface area contributed by atoms with Crippen LogP contribution in [0.5, 0.6) is 0 Å². The van der Waals surface area contributed by atoms with Crippen molar-refractivity contribution in [3.05, 3.63) is 58.0 Å². The second kappa shape index (κ2) is 10.5. The number of halogens is 1. The van der Waals surface area contributed by atoms with E-state index in [-0.39, 0.29) is 12.3 Å². The van der Waals surface area contributed by atoms with Crippen molar-refractivity contribution in [1.29, 1.82) is 0 Å². The Morgan fingerprint density at radius 2 is 2.06 bits per heavy atom. The van der Waals surface area contributed by atoms with Gasteiger partial charge in [-0.05, 0) is 56.0 Å². The number of carbonyl (C=O) groups excluding carboxylic acids is 2. The number of carbonyl (C=O) groups is 2. The van der Waals surface area contributed by atoms with Gasteiger partial charge in [-0.15, -0.1) is 0 Å². The van der Waals surface area contributed by atoms with Crippen LogP contribution >= 0.6 is 11.8 Å². The van der Waals surface area contributed by atoms with Crippen LogP contribution in [0.25, 0.3) is 0 Å². The summed E-state index contributed by atoms with van der Waals surface area (Å²) in [4.78, 5) is 34.2. The minimum Gasteiger partial charge on any atom is -0.466 e. The lowest BCUT2D eigenvalue weighted by molar-refractivity contribution is -0.136. The fourth-order valence-electron chi connectivity index (χ4n) is 4.50. The molecule has 0 radical (unpaired) electrons. The van der Waals surface area contributed by atoms with Crippen LogP contribution in [0.2, 0.25) is 0 Å². The van der Waals surface area contributed by atoms with Crippen molar-refractivity contribution in [3.63, 3.8) is 0 Å². The number of amidine groups is 1. The van der Waals surface area contributed by atoms with Crippen LogP contribution in [0.1, 0.15) is 44.2 Å². The fraction of sp³-hybridized carbons (Fsp3) is 0.458. The number of allylic oxidation sites excluding steroid dienone is 1. The number of aliphatic imine (C=N–C) groups is 1. The Morgan fingerprint density at radius 3 is 2.79 bits per heavy atom. The smallest absolute Gasteiger partial charge is 0.338 e. The number of amides is 1. The van der Waals surface area contributed by atoms with E-state index in [1.165, 1.54) is 50.3 Å². The van der Waals surface area contributed by atoms with Gasteiger partial charge in [0.1, 0.15) is 5.82 Å². The molecule has 1 aromatic carbocycles. The van der Waals surface area contributed by atoms with Crippen LogP contribution in [0.4, 0.5) is 4.39 Å². The first-order valence-electron chi connectivity index (χ1n) is 11.2. The monoisotopic (exact) mass is 472 g/mol. The number of fused-ring (bicyclic) bond motifs is 1. The van der Waals surface area contributed by atoms with Gasteiger partial charge in [-0.2, -0.15) is 0 Å². The van der Waals surface area contributed by atoms with E-state index in [4.69, 9.17) is 4.74 Å². The van der Waals surface area contributed by atoms with E-state index in [2.05, 4.69) is 15.2 Å². The second-order valence-corrected chi connectivity index (χ2v) is 9.21. The zero-order valence-corrected chi connectivity index (χ0v) is 19.8. The molecule has 1 atom stereocenters. The molecule has 1 N–H and O–H groups in total. The predicted molar refractivity (Wildman–Crippen MR) is 127 cm³/mol. The van der Waals surface area contributed by atoms with Gasteiger partial charge in [-0.25, -0.2) is 14.2 Å². The van der Waals surface area contributed by atoms with Gasteiger partial charge in [-0.3, -0.25) is 4.79 Å². The molecule has 9 heteroatoms. The Balaban J connectivity index is 1.51. The number of esters is 1. The third kappa shape index (κ3) is 5.30. The van der Waals surface area contributed by atoms with E-state index in [0.29, 0.717) is 28.5 Å². The van der Waals surface area contributed by atoms with Gasteiger partial charge in [0.2, 0.25) is 5.91 Å². The van der Waals surface area contributed by atoms with E-state index >= 15 is 0 Å². The molecule has 3 heterocycles. The Hall–Kier alpha value is -2.65. The van der Waals surface area contributed by atoms with Crippen LogP contribution in [0, 0.1) is 5.82 Å². The highest BCUT2D eigenvalue weighted by Crippen LogP contribution is 2.44. The Labute approximate surface area is 197 Å². The van der Waals surface area contributed by atoms with Crippen molar-refractivity contribution in [2.24, 2.45) is 4.99 Å². The number of rotatable bonds is 7. The van der Waals surface area contributed by atoms with E-state index < -0.39 is 17.8 Å². The highest BCUT2D eigenvalue weighted by Gasteiger charge is 2.41. The highest BCUT2D eigenvalue weighted by atomic mass is 32.2. The molecule has 1 saturated heterocycles. The molecular weight excluding hydrogens is 443 g/mol. The van der Waals surface area contributed by atoms with Gasteiger partial charge < -0.3 is 19.9 Å². The maximum absolute atomic E-state index is 14.1. The molecule has 1 amide bonds. The van der Waals surface area contributed by atoms with Crippen molar-refractivity contribution < 1.29 is 18.7 Å². The van der Waals surface area contributed by atoms with Gasteiger partial charge in [-0.1, -0.05) is 30.3 Å². The van der Waals surface area contributed by atoms with Crippen molar-refractivity contribution in [2.45, 2.75) is 38.6 Å². The number of nitrogens with zero attached hydrogens (tertiary/aromatic N) is 3. The molecule has 0 spiro atoms. The third-order valence-corrected chi connectivity index (χ3v) is 7.00. The average Bonchev–Trinajstić information content (AvgIpc) is 3.20. The number of hydrogen-bond acceptors (Lipinski definition) is 7. The molecule has 4 rings (SSSR count). The summed E-state index contributed by atoms with van der Waals surface area (Å²) >= 11 is 1.40. The molecule has 3 aliphatic rings. The number of thioether (sulfide) groups is 1. The maximum Gasteiger partial charge on any atom is 0.338 e. The first-order chi connectivity index (χ1) is 16.0. The van der Waals surface area contributed by atoms with Crippen molar-refractivity contribution >= 4 is 28.8 Å². The summed E-state index contributed by atoms with van der Waals surface area (Å²) in [5.41, 5.74) is 2.18. The number of ether oxygens (including phenoxy) is 1. The lowest BCUT2D eigenvalue weighted by atomic mass is 9.94. The number of methoxy groups -OCH3 is 1. The summed E-state index contributed by atoms with van der Waals surface area (Å²) in [6, 6.07) is 5.53. The molecule has 0 aromatic heterocycles. The SMILES string of the molecule is COC(=O)C1=C(C)N=C2SC=C(CC(=O)NCCN3CCCCC3)N2[C@@H]1c1cccc(F)c1. The molecule has 1 aromatic rings. The van der Waals surface area contributed by atoms with E-state index in [0.717, 1.165) is 25.3 Å². The van der Waals surface area contributed by atoms with Gasteiger partial charge in [0.05, 0.1) is 30.8 Å². The summed E-state index contributed by atoms with van der Waals surface area (Å²) < 4.78 is 19.1. The fourth-order valence-corrected chi connectivity index (χ4v) is 5.46. The number of hydrogen-bond donors (Lipinski definition) is 1. The van der Waals surface area contributed by atoms with Gasteiger partial charge >= 0.3 is 5.97 Å². The number of likely N-dealkylation sites (tertiary alicyclic amines) is 1. The lowest BCUT2D eigenvalue weighted by Crippen LogP contribution is -2.39. The molecule has 7 nitrogen and oxygen atoms in total. The quantitative estimate of drug-likeness (QED) is 0.612. The number of nitrogens with one attached hydrogen (secondary N) is 1. The number of piperidine rings is 1. The van der Waals surface area contributed by atoms with E-state index in [1.807, 2.05) is 10.3 Å². The van der Waals surface area contributed by atoms with Crippen molar-refractivity contribution in [1.82, 2.24) is 15.1 Å². The minimum atomic E-state index is -0.622. The summed E-state index contributed by atoms with van der Waals surface area (Å²) in [6.07, 6.45) is 3.85. The Morgan fingerprint density at radius 1 is 1.27 bits per heavy atom. The predicted octanol–water partition coefficient (Wildman–Crippen LogP) is 3.57. The first-order valence-corrected chi connectivity index (χ1v) is 12.1. The Kier molecular flexibility index (Phi) is 7.49. The molecule has 0 aliphatic carbocycles. The maximum atomic E-state index is 14.1. The van der Waals surface area contributed by atoms with Crippen LogP contribution in [-0.2, 0) is 14.3 Å². The summed E-state index contributed by atoms with van der Waals surface area (Å²) in [5, 5.41) is 5.54. The Bertz CT molecular complexity index is 1020. The summed E-state index contributed by atoms with van der Waals surface area (Å²) in [6.45, 7) is 5.36. The summed E-state index contributed by atoms with van der Waals surface area (Å²) in [7, 11) is 1.32. The zero-order chi connectivity index (χ0) is 23.4. The average molecular weight is 473 g/mol. The number of benzene rings is 1. The molecule has 0 unspecified atom stereocenters. The van der Waals surface area contributed by atoms with Crippen LogP contribution < -0.4 is 5.32 Å². The lowest BCUT2D eigenvalue weighted by Gasteiger charge is -2.36. The van der Waals surface area contributed by atoms with E-state index in [1.54, 1.807) is 19.1 Å². The third-order valence-electron chi connectivity index (χ3n) is 6.11. The molecule has 0 bridgehead atoms.